The van der Waals surface area contributed by atoms with Crippen LogP contribution in [0.4, 0.5) is 5.69 Å². The highest BCUT2D eigenvalue weighted by Crippen LogP contribution is 2.20. The van der Waals surface area contributed by atoms with Crippen molar-refractivity contribution >= 4 is 5.69 Å². The molecule has 2 heteroatoms. The van der Waals surface area contributed by atoms with Gasteiger partial charge < -0.3 is 9.64 Å². The zero-order chi connectivity index (χ0) is 9.80. The Hall–Kier alpha value is -1.54. The van der Waals surface area contributed by atoms with Gasteiger partial charge in [-0.3, -0.25) is 0 Å². The number of allylic oxidation sites excluding steroid dienone is 2. The van der Waals surface area contributed by atoms with Crippen LogP contribution in [-0.2, 0) is 4.74 Å². The minimum absolute atomic E-state index is 0.00222. The standard InChI is InChI=1S/C12H13NO/c1-14-12-9-5-6-10-13(12)11-7-3-2-4-8-11/h2-10,12H,1H3. The van der Waals surface area contributed by atoms with Crippen LogP contribution in [0.2, 0.25) is 0 Å². The van der Waals surface area contributed by atoms with Crippen LogP contribution in [0, 0.1) is 0 Å². The van der Waals surface area contributed by atoms with E-state index in [0.29, 0.717) is 0 Å². The highest BCUT2D eigenvalue weighted by Gasteiger charge is 2.14. The molecule has 0 saturated heterocycles. The van der Waals surface area contributed by atoms with Gasteiger partial charge in [0.15, 0.2) is 6.23 Å². The monoisotopic (exact) mass is 187 g/mol. The molecule has 14 heavy (non-hydrogen) atoms. The van der Waals surface area contributed by atoms with E-state index in [1.165, 1.54) is 0 Å². The molecule has 1 heterocycles. The molecule has 1 aromatic carbocycles. The van der Waals surface area contributed by atoms with Crippen LogP contribution in [-0.4, -0.2) is 13.3 Å². The maximum Gasteiger partial charge on any atom is 0.153 e. The van der Waals surface area contributed by atoms with Gasteiger partial charge in [0.2, 0.25) is 0 Å². The SMILES string of the molecule is COC1C=CC=CN1c1ccccc1. The second-order valence-electron chi connectivity index (χ2n) is 3.10. The minimum Gasteiger partial charge on any atom is -0.358 e. The number of hydrogen-bond acceptors (Lipinski definition) is 2. The number of para-hydroxylation sites is 1. The second kappa shape index (κ2) is 4.11. The Morgan fingerprint density at radius 2 is 1.93 bits per heavy atom. The summed E-state index contributed by atoms with van der Waals surface area (Å²) in [6.45, 7) is 0. The fourth-order valence-corrected chi connectivity index (χ4v) is 1.50. The zero-order valence-electron chi connectivity index (χ0n) is 8.13. The van der Waals surface area contributed by atoms with Crippen molar-refractivity contribution in [3.05, 3.63) is 54.8 Å². The summed E-state index contributed by atoms with van der Waals surface area (Å²) >= 11 is 0. The van der Waals surface area contributed by atoms with Gasteiger partial charge in [-0.2, -0.15) is 0 Å². The van der Waals surface area contributed by atoms with Gasteiger partial charge in [0.25, 0.3) is 0 Å². The van der Waals surface area contributed by atoms with Gasteiger partial charge in [-0.1, -0.05) is 24.3 Å². The lowest BCUT2D eigenvalue weighted by molar-refractivity contribution is 0.144. The van der Waals surface area contributed by atoms with Crippen LogP contribution in [0.25, 0.3) is 0 Å². The van der Waals surface area contributed by atoms with Crippen LogP contribution in [0.1, 0.15) is 0 Å². The lowest BCUT2D eigenvalue weighted by Gasteiger charge is -2.28. The normalized spacial score (nSPS) is 20.1. The summed E-state index contributed by atoms with van der Waals surface area (Å²) in [6, 6.07) is 10.2. The fourth-order valence-electron chi connectivity index (χ4n) is 1.50. The minimum atomic E-state index is 0.00222. The van der Waals surface area contributed by atoms with E-state index in [0.717, 1.165) is 5.69 Å². The van der Waals surface area contributed by atoms with Crippen LogP contribution in [0.3, 0.4) is 0 Å². The van der Waals surface area contributed by atoms with Gasteiger partial charge in [0, 0.05) is 19.0 Å². The first-order chi connectivity index (χ1) is 6.92. The van der Waals surface area contributed by atoms with Gasteiger partial charge in [-0.05, 0) is 24.3 Å². The Kier molecular flexibility index (Phi) is 2.65. The predicted octanol–water partition coefficient (Wildman–Crippen LogP) is 2.55. The summed E-state index contributed by atoms with van der Waals surface area (Å²) in [5.41, 5.74) is 1.14. The molecule has 2 nitrogen and oxygen atoms in total. The van der Waals surface area contributed by atoms with Crippen LogP contribution in [0.5, 0.6) is 0 Å². The van der Waals surface area contributed by atoms with E-state index in [4.69, 9.17) is 4.74 Å². The number of benzene rings is 1. The van der Waals surface area contributed by atoms with Crippen LogP contribution >= 0.6 is 0 Å². The lowest BCUT2D eigenvalue weighted by atomic mass is 10.2. The van der Waals surface area contributed by atoms with E-state index >= 15 is 0 Å². The molecule has 1 atom stereocenters. The van der Waals surface area contributed by atoms with E-state index in [1.54, 1.807) is 7.11 Å². The molecule has 0 amide bonds. The zero-order valence-corrected chi connectivity index (χ0v) is 8.13. The van der Waals surface area contributed by atoms with Crippen molar-refractivity contribution in [2.45, 2.75) is 6.23 Å². The fraction of sp³-hybridized carbons (Fsp3) is 0.167. The molecule has 0 bridgehead atoms. The number of methoxy groups -OCH3 is 1. The molecule has 1 unspecified atom stereocenters. The highest BCUT2D eigenvalue weighted by molar-refractivity contribution is 5.51. The molecule has 0 fully saturated rings. The number of hydrogen-bond donors (Lipinski definition) is 0. The van der Waals surface area contributed by atoms with Gasteiger partial charge in [-0.25, -0.2) is 0 Å². The predicted molar refractivity (Wildman–Crippen MR) is 58.0 cm³/mol. The Morgan fingerprint density at radius 1 is 1.14 bits per heavy atom. The topological polar surface area (TPSA) is 12.5 Å². The largest absolute Gasteiger partial charge is 0.358 e. The molecule has 72 valence electrons. The van der Waals surface area contributed by atoms with E-state index in [1.807, 2.05) is 42.6 Å². The number of anilines is 1. The molecule has 0 spiro atoms. The first kappa shape index (κ1) is 9.03. The summed E-state index contributed by atoms with van der Waals surface area (Å²) in [7, 11) is 1.71. The molecular weight excluding hydrogens is 174 g/mol. The van der Waals surface area contributed by atoms with E-state index in [9.17, 15) is 0 Å². The van der Waals surface area contributed by atoms with Crippen molar-refractivity contribution in [2.24, 2.45) is 0 Å². The first-order valence-corrected chi connectivity index (χ1v) is 4.63. The molecule has 0 radical (unpaired) electrons. The molecule has 0 aromatic heterocycles. The average molecular weight is 187 g/mol. The molecule has 1 aromatic rings. The summed E-state index contributed by atoms with van der Waals surface area (Å²) in [5.74, 6) is 0. The lowest BCUT2D eigenvalue weighted by Crippen LogP contribution is -2.31. The van der Waals surface area contributed by atoms with E-state index in [-0.39, 0.29) is 6.23 Å². The van der Waals surface area contributed by atoms with Crippen molar-refractivity contribution in [1.82, 2.24) is 0 Å². The number of nitrogens with zero attached hydrogens (tertiary/aromatic N) is 1. The van der Waals surface area contributed by atoms with Gasteiger partial charge in [-0.15, -0.1) is 0 Å². The van der Waals surface area contributed by atoms with Crippen molar-refractivity contribution in [3.8, 4) is 0 Å². The summed E-state index contributed by atoms with van der Waals surface area (Å²) in [5, 5.41) is 0. The summed E-state index contributed by atoms with van der Waals surface area (Å²) in [6.07, 6.45) is 8.04. The molecule has 0 N–H and O–H groups in total. The molecule has 1 aliphatic heterocycles. The van der Waals surface area contributed by atoms with Gasteiger partial charge >= 0.3 is 0 Å². The molecule has 2 rings (SSSR count). The Morgan fingerprint density at radius 3 is 2.64 bits per heavy atom. The maximum absolute atomic E-state index is 5.35. The van der Waals surface area contributed by atoms with Crippen LogP contribution in [0.15, 0.2) is 54.8 Å². The number of rotatable bonds is 2. The van der Waals surface area contributed by atoms with Crippen molar-refractivity contribution < 1.29 is 4.74 Å². The average Bonchev–Trinajstić information content (AvgIpc) is 2.30. The third kappa shape index (κ3) is 1.70. The third-order valence-corrected chi connectivity index (χ3v) is 2.20. The first-order valence-electron chi connectivity index (χ1n) is 4.63. The Bertz CT molecular complexity index is 343. The molecular formula is C12H13NO. The Balaban J connectivity index is 2.25. The number of ether oxygens (including phenoxy) is 1. The van der Waals surface area contributed by atoms with E-state index < -0.39 is 0 Å². The van der Waals surface area contributed by atoms with Crippen LogP contribution < -0.4 is 4.90 Å². The molecule has 0 aliphatic carbocycles. The van der Waals surface area contributed by atoms with Gasteiger partial charge in [0.1, 0.15) is 0 Å². The quantitative estimate of drug-likeness (QED) is 0.705. The molecule has 0 saturated carbocycles. The van der Waals surface area contributed by atoms with Crippen molar-refractivity contribution in [3.63, 3.8) is 0 Å². The maximum atomic E-state index is 5.35. The van der Waals surface area contributed by atoms with E-state index in [2.05, 4.69) is 17.0 Å². The third-order valence-electron chi connectivity index (χ3n) is 2.20. The van der Waals surface area contributed by atoms with Gasteiger partial charge in [0.05, 0.1) is 0 Å². The Labute approximate surface area is 84.1 Å². The summed E-state index contributed by atoms with van der Waals surface area (Å²) in [4.78, 5) is 2.08. The smallest absolute Gasteiger partial charge is 0.153 e. The summed E-state index contributed by atoms with van der Waals surface area (Å²) < 4.78 is 5.35. The second-order valence-corrected chi connectivity index (χ2v) is 3.10. The van der Waals surface area contributed by atoms with Crippen molar-refractivity contribution in [2.75, 3.05) is 12.0 Å². The molecule has 1 aliphatic rings. The van der Waals surface area contributed by atoms with Crippen molar-refractivity contribution in [1.29, 1.82) is 0 Å². The highest BCUT2D eigenvalue weighted by atomic mass is 16.5.